The van der Waals surface area contributed by atoms with Gasteiger partial charge in [0.15, 0.2) is 0 Å². The van der Waals surface area contributed by atoms with Crippen molar-refractivity contribution in [3.05, 3.63) is 23.5 Å². The third-order valence-electron chi connectivity index (χ3n) is 3.13. The van der Waals surface area contributed by atoms with Crippen molar-refractivity contribution in [2.75, 3.05) is 6.54 Å². The topological polar surface area (TPSA) is 73.7 Å². The van der Waals surface area contributed by atoms with Crippen molar-refractivity contribution in [2.45, 2.75) is 39.8 Å². The maximum Gasteiger partial charge on any atom is 0.323 e. The molecule has 0 unspecified atom stereocenters. The van der Waals surface area contributed by atoms with Crippen LogP contribution in [0.4, 0.5) is 0 Å². The van der Waals surface area contributed by atoms with E-state index in [0.717, 1.165) is 5.69 Å². The van der Waals surface area contributed by atoms with Crippen LogP contribution in [0, 0.1) is 6.92 Å². The molecule has 1 heterocycles. The molecule has 0 atom stereocenters. The molecule has 0 aliphatic heterocycles. The summed E-state index contributed by atoms with van der Waals surface area (Å²) >= 11 is 0. The average molecular weight is 252 g/mol. The first kappa shape index (κ1) is 14.4. The van der Waals surface area contributed by atoms with E-state index < -0.39 is 11.5 Å². The number of carboxylic acid groups (broad SMARTS) is 1. The van der Waals surface area contributed by atoms with Crippen molar-refractivity contribution in [1.82, 2.24) is 9.88 Å². The summed E-state index contributed by atoms with van der Waals surface area (Å²) in [5, 5.41) is 19.0. The molecule has 0 spiro atoms. The highest BCUT2D eigenvalue weighted by Crippen LogP contribution is 2.22. The number of pyridine rings is 1. The number of carbonyl (C=O) groups is 1. The Balaban J connectivity index is 3.00. The molecule has 0 aromatic carbocycles. The predicted octanol–water partition coefficient (Wildman–Crippen LogP) is 1.78. The molecule has 5 heteroatoms. The van der Waals surface area contributed by atoms with Crippen LogP contribution in [0.15, 0.2) is 12.1 Å². The van der Waals surface area contributed by atoms with Crippen molar-refractivity contribution in [2.24, 2.45) is 0 Å². The summed E-state index contributed by atoms with van der Waals surface area (Å²) in [7, 11) is 0. The summed E-state index contributed by atoms with van der Waals surface area (Å²) in [5.74, 6) is -0.795. The largest absolute Gasteiger partial charge is 0.506 e. The normalized spacial score (nSPS) is 11.8. The molecule has 0 fully saturated rings. The van der Waals surface area contributed by atoms with Gasteiger partial charge in [0.2, 0.25) is 0 Å². The van der Waals surface area contributed by atoms with E-state index in [4.69, 9.17) is 0 Å². The Morgan fingerprint density at radius 3 is 2.56 bits per heavy atom. The van der Waals surface area contributed by atoms with E-state index in [9.17, 15) is 15.0 Å². The standard InChI is InChI=1S/C13H20N2O3/c1-5-15(13(3,4)12(17)18)8-10-11(16)7-6-9(2)14-10/h6-7,16H,5,8H2,1-4H3,(H,17,18). The molecule has 0 aliphatic rings. The summed E-state index contributed by atoms with van der Waals surface area (Å²) in [6.45, 7) is 7.88. The number of aryl methyl sites for hydroxylation is 1. The number of aliphatic carboxylic acids is 1. The third kappa shape index (κ3) is 2.98. The van der Waals surface area contributed by atoms with Gasteiger partial charge in [0.05, 0.1) is 5.69 Å². The number of hydrogen-bond donors (Lipinski definition) is 2. The van der Waals surface area contributed by atoms with Gasteiger partial charge in [-0.3, -0.25) is 14.7 Å². The Morgan fingerprint density at radius 1 is 1.44 bits per heavy atom. The summed E-state index contributed by atoms with van der Waals surface area (Å²) in [6.07, 6.45) is 0. The van der Waals surface area contributed by atoms with Crippen LogP contribution in [-0.2, 0) is 11.3 Å². The van der Waals surface area contributed by atoms with Gasteiger partial charge in [0.25, 0.3) is 0 Å². The SMILES string of the molecule is CCN(Cc1nc(C)ccc1O)C(C)(C)C(=O)O. The fraction of sp³-hybridized carbons (Fsp3) is 0.538. The van der Waals surface area contributed by atoms with E-state index in [2.05, 4.69) is 4.98 Å². The molecule has 2 N–H and O–H groups in total. The number of hydrogen-bond acceptors (Lipinski definition) is 4. The molecule has 0 saturated heterocycles. The zero-order valence-electron chi connectivity index (χ0n) is 11.3. The first-order chi connectivity index (χ1) is 8.28. The molecule has 5 nitrogen and oxygen atoms in total. The minimum atomic E-state index is -0.993. The van der Waals surface area contributed by atoms with Crippen LogP contribution >= 0.6 is 0 Å². The minimum absolute atomic E-state index is 0.0974. The van der Waals surface area contributed by atoms with Gasteiger partial charge in [0.1, 0.15) is 11.3 Å². The van der Waals surface area contributed by atoms with Crippen LogP contribution in [0.5, 0.6) is 5.75 Å². The maximum atomic E-state index is 11.2. The van der Waals surface area contributed by atoms with Gasteiger partial charge in [0, 0.05) is 12.2 Å². The number of aromatic nitrogens is 1. The molecule has 1 rings (SSSR count). The van der Waals surface area contributed by atoms with E-state index in [0.29, 0.717) is 18.8 Å². The highest BCUT2D eigenvalue weighted by molar-refractivity contribution is 5.77. The number of carboxylic acids is 1. The molecule has 0 radical (unpaired) electrons. The Bertz CT molecular complexity index is 444. The van der Waals surface area contributed by atoms with Gasteiger partial charge < -0.3 is 10.2 Å². The molecule has 18 heavy (non-hydrogen) atoms. The van der Waals surface area contributed by atoms with Crippen LogP contribution in [0.1, 0.15) is 32.2 Å². The summed E-state index contributed by atoms with van der Waals surface area (Å²) < 4.78 is 0. The van der Waals surface area contributed by atoms with Crippen LogP contribution in [0.3, 0.4) is 0 Å². The van der Waals surface area contributed by atoms with Crippen LogP contribution in [0.25, 0.3) is 0 Å². The second-order valence-corrected chi connectivity index (χ2v) is 4.80. The van der Waals surface area contributed by atoms with E-state index in [1.807, 2.05) is 13.8 Å². The second kappa shape index (κ2) is 5.35. The van der Waals surface area contributed by atoms with E-state index in [1.165, 1.54) is 0 Å². The second-order valence-electron chi connectivity index (χ2n) is 4.80. The molecular formula is C13H20N2O3. The Morgan fingerprint density at radius 2 is 2.06 bits per heavy atom. The third-order valence-corrected chi connectivity index (χ3v) is 3.13. The van der Waals surface area contributed by atoms with E-state index >= 15 is 0 Å². The van der Waals surface area contributed by atoms with Crippen molar-refractivity contribution in [3.63, 3.8) is 0 Å². The van der Waals surface area contributed by atoms with Gasteiger partial charge in [-0.15, -0.1) is 0 Å². The lowest BCUT2D eigenvalue weighted by molar-refractivity contribution is -0.149. The summed E-state index contributed by atoms with van der Waals surface area (Å²) in [5.41, 5.74) is 0.310. The highest BCUT2D eigenvalue weighted by Gasteiger charge is 2.34. The van der Waals surface area contributed by atoms with Crippen molar-refractivity contribution < 1.29 is 15.0 Å². The minimum Gasteiger partial charge on any atom is -0.506 e. The zero-order chi connectivity index (χ0) is 13.9. The fourth-order valence-electron chi connectivity index (χ4n) is 1.74. The lowest BCUT2D eigenvalue weighted by Crippen LogP contribution is -2.49. The highest BCUT2D eigenvalue weighted by atomic mass is 16.4. The number of nitrogens with zero attached hydrogens (tertiary/aromatic N) is 2. The summed E-state index contributed by atoms with van der Waals surface area (Å²) in [4.78, 5) is 17.2. The number of rotatable bonds is 5. The molecule has 0 bridgehead atoms. The van der Waals surface area contributed by atoms with Crippen LogP contribution in [-0.4, -0.2) is 38.1 Å². The Hall–Kier alpha value is -1.62. The maximum absolute atomic E-state index is 11.2. The quantitative estimate of drug-likeness (QED) is 0.835. The van der Waals surface area contributed by atoms with Crippen molar-refractivity contribution in [3.8, 4) is 5.75 Å². The lowest BCUT2D eigenvalue weighted by Gasteiger charge is -2.33. The first-order valence-corrected chi connectivity index (χ1v) is 5.93. The van der Waals surface area contributed by atoms with E-state index in [-0.39, 0.29) is 5.75 Å². The van der Waals surface area contributed by atoms with Gasteiger partial charge in [-0.2, -0.15) is 0 Å². The van der Waals surface area contributed by atoms with Gasteiger partial charge in [-0.05, 0) is 39.4 Å². The predicted molar refractivity (Wildman–Crippen MR) is 68.4 cm³/mol. The molecular weight excluding hydrogens is 232 g/mol. The monoisotopic (exact) mass is 252 g/mol. The zero-order valence-corrected chi connectivity index (χ0v) is 11.3. The molecule has 0 saturated carbocycles. The molecule has 1 aromatic heterocycles. The molecule has 0 aliphatic carbocycles. The van der Waals surface area contributed by atoms with E-state index in [1.54, 1.807) is 30.9 Å². The molecule has 100 valence electrons. The Labute approximate surface area is 107 Å². The van der Waals surface area contributed by atoms with Gasteiger partial charge in [-0.25, -0.2) is 0 Å². The first-order valence-electron chi connectivity index (χ1n) is 5.93. The summed E-state index contributed by atoms with van der Waals surface area (Å²) in [6, 6.07) is 3.30. The van der Waals surface area contributed by atoms with Gasteiger partial charge in [-0.1, -0.05) is 6.92 Å². The average Bonchev–Trinajstić information content (AvgIpc) is 2.29. The number of aromatic hydroxyl groups is 1. The molecule has 1 aromatic rings. The lowest BCUT2D eigenvalue weighted by atomic mass is 10.0. The number of likely N-dealkylation sites (N-methyl/N-ethyl adjacent to an activating group) is 1. The fourth-order valence-corrected chi connectivity index (χ4v) is 1.74. The smallest absolute Gasteiger partial charge is 0.323 e. The molecule has 0 amide bonds. The van der Waals surface area contributed by atoms with Crippen molar-refractivity contribution in [1.29, 1.82) is 0 Å². The van der Waals surface area contributed by atoms with Crippen molar-refractivity contribution >= 4 is 5.97 Å². The van der Waals surface area contributed by atoms with Gasteiger partial charge >= 0.3 is 5.97 Å². The van der Waals surface area contributed by atoms with Crippen LogP contribution < -0.4 is 0 Å². The Kier molecular flexibility index (Phi) is 4.29. The van der Waals surface area contributed by atoms with Crippen LogP contribution in [0.2, 0.25) is 0 Å².